The predicted octanol–water partition coefficient (Wildman–Crippen LogP) is 8.74. The fourth-order valence-electron chi connectivity index (χ4n) is 3.53. The molecule has 170 valence electrons. The molecule has 0 spiro atoms. The monoisotopic (exact) mass is 463 g/mol. The van der Waals surface area contributed by atoms with Crippen molar-refractivity contribution in [2.24, 2.45) is 0 Å². The number of ether oxygens (including phenoxy) is 1. The number of esters is 1. The molecule has 5 heteroatoms. The van der Waals surface area contributed by atoms with Crippen molar-refractivity contribution < 1.29 is 9.53 Å². The maximum absolute atomic E-state index is 12.3. The summed E-state index contributed by atoms with van der Waals surface area (Å²) in [5.74, 6) is -0.213. The number of rotatable bonds is 15. The number of nitrogens with one attached hydrogen (secondary N) is 1. The summed E-state index contributed by atoms with van der Waals surface area (Å²) in [7, 11) is 0. The van der Waals surface area contributed by atoms with Gasteiger partial charge in [-0.15, -0.1) is 0 Å². The Hall–Kier alpha value is -1.71. The number of unbranched alkanes of at least 4 members (excludes halogenated alkanes) is 9. The minimum absolute atomic E-state index is 0.211. The number of carbonyl (C=O) groups excluding carboxylic acids is 1. The van der Waals surface area contributed by atoms with Crippen molar-refractivity contribution in [1.29, 1.82) is 0 Å². The largest absolute Gasteiger partial charge is 0.465 e. The second kappa shape index (κ2) is 15.2. The lowest BCUT2D eigenvalue weighted by Gasteiger charge is -2.14. The van der Waals surface area contributed by atoms with E-state index in [4.69, 9.17) is 27.9 Å². The van der Waals surface area contributed by atoms with Gasteiger partial charge in [-0.2, -0.15) is 0 Å². The van der Waals surface area contributed by atoms with Gasteiger partial charge in [0.05, 0.1) is 28.8 Å². The van der Waals surface area contributed by atoms with E-state index in [1.165, 1.54) is 51.4 Å². The Bertz CT molecular complexity index is 774. The number of hydrogen-bond acceptors (Lipinski definition) is 3. The summed E-state index contributed by atoms with van der Waals surface area (Å²) in [6.07, 6.45) is 12.8. The molecule has 2 aromatic rings. The molecule has 0 unspecified atom stereocenters. The summed E-state index contributed by atoms with van der Waals surface area (Å²) >= 11 is 12.5. The highest BCUT2D eigenvalue weighted by Crippen LogP contribution is 2.33. The van der Waals surface area contributed by atoms with Crippen LogP contribution in [-0.2, 0) is 16.0 Å². The Morgan fingerprint density at radius 1 is 0.806 bits per heavy atom. The van der Waals surface area contributed by atoms with Gasteiger partial charge >= 0.3 is 5.97 Å². The molecule has 3 nitrogen and oxygen atoms in total. The van der Waals surface area contributed by atoms with Crippen LogP contribution in [0.3, 0.4) is 0 Å². The molecule has 0 bridgehead atoms. The normalized spacial score (nSPS) is 10.8. The van der Waals surface area contributed by atoms with Gasteiger partial charge in [0, 0.05) is 5.69 Å². The number of hydrogen-bond donors (Lipinski definition) is 1. The highest BCUT2D eigenvalue weighted by atomic mass is 35.5. The predicted molar refractivity (Wildman–Crippen MR) is 133 cm³/mol. The van der Waals surface area contributed by atoms with E-state index >= 15 is 0 Å². The molecule has 1 N–H and O–H groups in total. The van der Waals surface area contributed by atoms with E-state index in [1.54, 1.807) is 18.2 Å². The van der Waals surface area contributed by atoms with Crippen molar-refractivity contribution >= 4 is 40.5 Å². The molecule has 0 radical (unpaired) electrons. The summed E-state index contributed by atoms with van der Waals surface area (Å²) in [5.41, 5.74) is 2.29. The van der Waals surface area contributed by atoms with E-state index in [-0.39, 0.29) is 12.4 Å². The van der Waals surface area contributed by atoms with Gasteiger partial charge in [-0.3, -0.25) is 4.79 Å². The highest BCUT2D eigenvalue weighted by molar-refractivity contribution is 6.39. The van der Waals surface area contributed by atoms with E-state index in [9.17, 15) is 4.79 Å². The van der Waals surface area contributed by atoms with Gasteiger partial charge in [0.2, 0.25) is 0 Å². The lowest BCUT2D eigenvalue weighted by Crippen LogP contribution is -2.10. The second-order valence-electron chi connectivity index (χ2n) is 7.96. The number of halogens is 2. The van der Waals surface area contributed by atoms with Crippen molar-refractivity contribution in [3.8, 4) is 0 Å². The number of carbonyl (C=O) groups is 1. The van der Waals surface area contributed by atoms with Crippen LogP contribution in [0.2, 0.25) is 10.0 Å². The van der Waals surface area contributed by atoms with Crippen LogP contribution in [-0.4, -0.2) is 12.6 Å². The maximum Gasteiger partial charge on any atom is 0.310 e. The van der Waals surface area contributed by atoms with Crippen LogP contribution in [0, 0.1) is 0 Å². The molecule has 0 heterocycles. The first kappa shape index (κ1) is 25.5. The first-order chi connectivity index (χ1) is 15.1. The van der Waals surface area contributed by atoms with Crippen molar-refractivity contribution in [3.63, 3.8) is 0 Å². The van der Waals surface area contributed by atoms with E-state index < -0.39 is 0 Å². The van der Waals surface area contributed by atoms with Crippen LogP contribution in [0.1, 0.15) is 76.7 Å². The fraction of sp³-hybridized carbons (Fsp3) is 0.500. The molecule has 0 aliphatic carbocycles. The molecule has 0 saturated heterocycles. The maximum atomic E-state index is 12.3. The Kier molecular flexibility index (Phi) is 12.5. The van der Waals surface area contributed by atoms with Crippen molar-refractivity contribution in [3.05, 3.63) is 58.1 Å². The standard InChI is InChI=1S/C26H35Cl2NO2/c1-2-3-4-5-6-7-8-9-10-13-19-31-25(30)20-21-15-11-12-18-24(21)29-26-22(27)16-14-17-23(26)28/h11-12,14-18,29H,2-10,13,19-20H2,1H3. The first-order valence-electron chi connectivity index (χ1n) is 11.6. The molecule has 0 fully saturated rings. The lowest BCUT2D eigenvalue weighted by molar-refractivity contribution is -0.142. The van der Waals surface area contributed by atoms with Crippen LogP contribution < -0.4 is 5.32 Å². The van der Waals surface area contributed by atoms with Gasteiger partial charge in [-0.1, -0.05) is 112 Å². The van der Waals surface area contributed by atoms with Crippen LogP contribution in [0.5, 0.6) is 0 Å². The molecule has 0 saturated carbocycles. The highest BCUT2D eigenvalue weighted by Gasteiger charge is 2.12. The van der Waals surface area contributed by atoms with E-state index in [0.717, 1.165) is 24.1 Å². The van der Waals surface area contributed by atoms with E-state index in [2.05, 4.69) is 12.2 Å². The number of para-hydroxylation sites is 2. The van der Waals surface area contributed by atoms with Gasteiger partial charge in [0.1, 0.15) is 0 Å². The van der Waals surface area contributed by atoms with Crippen molar-refractivity contribution in [1.82, 2.24) is 0 Å². The second-order valence-corrected chi connectivity index (χ2v) is 8.77. The lowest BCUT2D eigenvalue weighted by atomic mass is 10.1. The Labute approximate surface area is 197 Å². The Balaban J connectivity index is 1.68. The molecule has 0 atom stereocenters. The molecule has 0 aliphatic rings. The average Bonchev–Trinajstić information content (AvgIpc) is 2.76. The SMILES string of the molecule is CCCCCCCCCCCCOC(=O)Cc1ccccc1Nc1c(Cl)cccc1Cl. The molecular weight excluding hydrogens is 429 g/mol. The van der Waals surface area contributed by atoms with Crippen LogP contribution in [0.15, 0.2) is 42.5 Å². The zero-order valence-corrected chi connectivity index (χ0v) is 20.1. The minimum atomic E-state index is -0.213. The molecule has 2 aromatic carbocycles. The van der Waals surface area contributed by atoms with Gasteiger partial charge < -0.3 is 10.1 Å². The average molecular weight is 464 g/mol. The fourth-order valence-corrected chi connectivity index (χ4v) is 4.02. The summed E-state index contributed by atoms with van der Waals surface area (Å²) in [6.45, 7) is 2.74. The van der Waals surface area contributed by atoms with Crippen molar-refractivity contribution in [2.45, 2.75) is 77.6 Å². The van der Waals surface area contributed by atoms with Crippen LogP contribution >= 0.6 is 23.2 Å². The van der Waals surface area contributed by atoms with E-state index in [0.29, 0.717) is 22.3 Å². The topological polar surface area (TPSA) is 38.3 Å². The molecule has 0 aromatic heterocycles. The summed E-state index contributed by atoms with van der Waals surface area (Å²) in [4.78, 5) is 12.3. The van der Waals surface area contributed by atoms with Gasteiger partial charge in [0.25, 0.3) is 0 Å². The van der Waals surface area contributed by atoms with Crippen LogP contribution in [0.25, 0.3) is 0 Å². The third kappa shape index (κ3) is 9.97. The summed E-state index contributed by atoms with van der Waals surface area (Å²) in [6, 6.07) is 13.0. The zero-order chi connectivity index (χ0) is 22.3. The number of anilines is 2. The smallest absolute Gasteiger partial charge is 0.310 e. The minimum Gasteiger partial charge on any atom is -0.465 e. The Morgan fingerprint density at radius 3 is 2.03 bits per heavy atom. The van der Waals surface area contributed by atoms with E-state index in [1.807, 2.05) is 24.3 Å². The Morgan fingerprint density at radius 2 is 1.39 bits per heavy atom. The van der Waals surface area contributed by atoms with Gasteiger partial charge in [-0.25, -0.2) is 0 Å². The zero-order valence-electron chi connectivity index (χ0n) is 18.6. The molecule has 0 aliphatic heterocycles. The molecule has 2 rings (SSSR count). The summed E-state index contributed by atoms with van der Waals surface area (Å²) in [5, 5.41) is 4.32. The van der Waals surface area contributed by atoms with Crippen LogP contribution in [0.4, 0.5) is 11.4 Å². The third-order valence-corrected chi connectivity index (χ3v) is 5.97. The first-order valence-corrected chi connectivity index (χ1v) is 12.3. The molecular formula is C26H35Cl2NO2. The van der Waals surface area contributed by atoms with Gasteiger partial charge in [0.15, 0.2) is 0 Å². The molecule has 31 heavy (non-hydrogen) atoms. The quantitative estimate of drug-likeness (QED) is 0.212. The molecule has 0 amide bonds. The van der Waals surface area contributed by atoms with Gasteiger partial charge in [-0.05, 0) is 30.2 Å². The third-order valence-electron chi connectivity index (χ3n) is 5.34. The number of benzene rings is 2. The van der Waals surface area contributed by atoms with Crippen molar-refractivity contribution in [2.75, 3.05) is 11.9 Å². The summed E-state index contributed by atoms with van der Waals surface area (Å²) < 4.78 is 5.45.